The lowest BCUT2D eigenvalue weighted by Gasteiger charge is -2.20. The van der Waals surface area contributed by atoms with Crippen molar-refractivity contribution in [1.82, 2.24) is 15.1 Å². The van der Waals surface area contributed by atoms with E-state index in [1.165, 1.54) is 0 Å². The van der Waals surface area contributed by atoms with Crippen molar-refractivity contribution in [3.05, 3.63) is 46.7 Å². The minimum Gasteiger partial charge on any atom is -0.496 e. The van der Waals surface area contributed by atoms with Crippen LogP contribution in [0.25, 0.3) is 0 Å². The van der Waals surface area contributed by atoms with Crippen LogP contribution in [-0.2, 0) is 6.54 Å². The molecule has 2 rings (SSSR count). The molecule has 1 atom stereocenters. The molecule has 5 heteroatoms. The summed E-state index contributed by atoms with van der Waals surface area (Å²) in [4.78, 5) is 0. The molecule has 0 fully saturated rings. The minimum absolute atomic E-state index is 0.0222. The fourth-order valence-corrected chi connectivity index (χ4v) is 2.42. The topological polar surface area (TPSA) is 39.1 Å². The molecule has 0 saturated heterocycles. The average molecular weight is 294 g/mol. The third-order valence-electron chi connectivity index (χ3n) is 3.22. The zero-order valence-electron chi connectivity index (χ0n) is 12.1. The van der Waals surface area contributed by atoms with E-state index in [1.54, 1.807) is 7.11 Å². The van der Waals surface area contributed by atoms with Gasteiger partial charge in [-0.05, 0) is 31.7 Å². The monoisotopic (exact) mass is 293 g/mol. The highest BCUT2D eigenvalue weighted by Gasteiger charge is 2.19. The zero-order chi connectivity index (χ0) is 14.5. The van der Waals surface area contributed by atoms with E-state index in [0.29, 0.717) is 5.02 Å². The number of methoxy groups -OCH3 is 1. The second-order valence-electron chi connectivity index (χ2n) is 4.51. The summed E-state index contributed by atoms with van der Waals surface area (Å²) in [5.74, 6) is 0.824. The largest absolute Gasteiger partial charge is 0.496 e. The van der Waals surface area contributed by atoms with Crippen molar-refractivity contribution in [3.63, 3.8) is 0 Å². The summed E-state index contributed by atoms with van der Waals surface area (Å²) < 4.78 is 7.37. The van der Waals surface area contributed by atoms with Crippen molar-refractivity contribution in [2.24, 2.45) is 0 Å². The highest BCUT2D eigenvalue weighted by atomic mass is 35.5. The van der Waals surface area contributed by atoms with Crippen molar-refractivity contribution in [2.45, 2.75) is 26.4 Å². The second kappa shape index (κ2) is 6.77. The van der Waals surface area contributed by atoms with Crippen molar-refractivity contribution in [1.29, 1.82) is 0 Å². The molecule has 1 N–H and O–H groups in total. The third kappa shape index (κ3) is 3.14. The Morgan fingerprint density at radius 3 is 2.80 bits per heavy atom. The number of hydrogen-bond donors (Lipinski definition) is 1. The minimum atomic E-state index is 0.0222. The van der Waals surface area contributed by atoms with E-state index in [0.717, 1.165) is 30.0 Å². The van der Waals surface area contributed by atoms with Gasteiger partial charge in [-0.2, -0.15) is 5.10 Å². The van der Waals surface area contributed by atoms with Crippen molar-refractivity contribution >= 4 is 11.6 Å². The first-order valence-electron chi connectivity index (χ1n) is 6.78. The third-order valence-corrected chi connectivity index (χ3v) is 3.46. The fraction of sp³-hybridized carbons (Fsp3) is 0.400. The number of nitrogens with zero attached hydrogens (tertiary/aromatic N) is 2. The molecule has 0 aliphatic heterocycles. The van der Waals surface area contributed by atoms with Crippen LogP contribution >= 0.6 is 11.6 Å². The number of nitrogens with one attached hydrogen (secondary N) is 1. The molecule has 0 aliphatic rings. The van der Waals surface area contributed by atoms with E-state index in [-0.39, 0.29) is 6.04 Å². The van der Waals surface area contributed by atoms with E-state index in [1.807, 2.05) is 35.3 Å². The lowest BCUT2D eigenvalue weighted by Crippen LogP contribution is -2.22. The maximum absolute atomic E-state index is 6.13. The van der Waals surface area contributed by atoms with Gasteiger partial charge in [-0.3, -0.25) is 4.68 Å². The van der Waals surface area contributed by atoms with E-state index in [2.05, 4.69) is 24.3 Å². The number of aromatic nitrogens is 2. The van der Waals surface area contributed by atoms with Crippen LogP contribution in [0.3, 0.4) is 0 Å². The average Bonchev–Trinajstić information content (AvgIpc) is 2.93. The van der Waals surface area contributed by atoms with Crippen molar-refractivity contribution in [2.75, 3.05) is 13.7 Å². The molecule has 1 heterocycles. The maximum atomic E-state index is 6.13. The predicted octanol–water partition coefficient (Wildman–Crippen LogP) is 3.26. The standard InChI is InChI=1S/C15H20ClN3O/c1-4-17-15(11-9-18-19(5-2)10-11)13-8-12(16)6-7-14(13)20-3/h6-10,15,17H,4-5H2,1-3H3. The number of ether oxygens (including phenoxy) is 1. The van der Waals surface area contributed by atoms with Crippen molar-refractivity contribution in [3.8, 4) is 5.75 Å². The van der Waals surface area contributed by atoms with Gasteiger partial charge in [-0.1, -0.05) is 18.5 Å². The molecule has 1 aromatic carbocycles. The summed E-state index contributed by atoms with van der Waals surface area (Å²) in [6.07, 6.45) is 3.94. The Labute approximate surface area is 124 Å². The van der Waals surface area contributed by atoms with Gasteiger partial charge in [0.2, 0.25) is 0 Å². The Balaban J connectivity index is 2.44. The van der Waals surface area contributed by atoms with Gasteiger partial charge in [0.1, 0.15) is 5.75 Å². The van der Waals surface area contributed by atoms with Crippen molar-refractivity contribution < 1.29 is 4.74 Å². The number of hydrogen-bond acceptors (Lipinski definition) is 3. The SMILES string of the molecule is CCNC(c1cnn(CC)c1)c1cc(Cl)ccc1OC. The highest BCUT2D eigenvalue weighted by molar-refractivity contribution is 6.30. The molecule has 4 nitrogen and oxygen atoms in total. The zero-order valence-corrected chi connectivity index (χ0v) is 12.8. The van der Waals surface area contributed by atoms with Crippen LogP contribution in [0.15, 0.2) is 30.6 Å². The number of benzene rings is 1. The fourth-order valence-electron chi connectivity index (χ4n) is 2.24. The molecule has 0 spiro atoms. The summed E-state index contributed by atoms with van der Waals surface area (Å²) in [6.45, 7) is 5.84. The molecule has 0 amide bonds. The van der Waals surface area contributed by atoms with E-state index in [4.69, 9.17) is 16.3 Å². The first kappa shape index (κ1) is 14.9. The van der Waals surface area contributed by atoms with Crippen LogP contribution in [0.4, 0.5) is 0 Å². The van der Waals surface area contributed by atoms with Gasteiger partial charge < -0.3 is 10.1 Å². The predicted molar refractivity (Wildman–Crippen MR) is 81.4 cm³/mol. The first-order valence-corrected chi connectivity index (χ1v) is 7.16. The molecule has 0 saturated carbocycles. The molecular formula is C15H20ClN3O. The van der Waals surface area contributed by atoms with E-state index >= 15 is 0 Å². The molecule has 1 aromatic heterocycles. The van der Waals surface area contributed by atoms with Gasteiger partial charge >= 0.3 is 0 Å². The smallest absolute Gasteiger partial charge is 0.124 e. The van der Waals surface area contributed by atoms with Crippen LogP contribution in [0.2, 0.25) is 5.02 Å². The van der Waals surface area contributed by atoms with Gasteiger partial charge in [-0.25, -0.2) is 0 Å². The van der Waals surface area contributed by atoms with E-state index in [9.17, 15) is 0 Å². The maximum Gasteiger partial charge on any atom is 0.124 e. The van der Waals surface area contributed by atoms with Crippen LogP contribution in [0.5, 0.6) is 5.75 Å². The molecule has 1 unspecified atom stereocenters. The van der Waals surface area contributed by atoms with Gasteiger partial charge in [-0.15, -0.1) is 0 Å². The number of aryl methyl sites for hydroxylation is 1. The Hall–Kier alpha value is -1.52. The van der Waals surface area contributed by atoms with Gasteiger partial charge in [0.05, 0.1) is 19.3 Å². The first-order chi connectivity index (χ1) is 9.69. The van der Waals surface area contributed by atoms with Crippen LogP contribution in [-0.4, -0.2) is 23.4 Å². The molecule has 0 aliphatic carbocycles. The summed E-state index contributed by atoms with van der Waals surface area (Å²) in [7, 11) is 1.67. The normalized spacial score (nSPS) is 12.4. The van der Waals surface area contributed by atoms with E-state index < -0.39 is 0 Å². The quantitative estimate of drug-likeness (QED) is 0.888. The lowest BCUT2D eigenvalue weighted by atomic mass is 10.0. The Morgan fingerprint density at radius 2 is 2.20 bits per heavy atom. The highest BCUT2D eigenvalue weighted by Crippen LogP contribution is 2.32. The van der Waals surface area contributed by atoms with Gasteiger partial charge in [0.25, 0.3) is 0 Å². The molecule has 2 aromatic rings. The lowest BCUT2D eigenvalue weighted by molar-refractivity contribution is 0.404. The molecule has 0 bridgehead atoms. The summed E-state index contributed by atoms with van der Waals surface area (Å²) in [5, 5.41) is 8.51. The molecular weight excluding hydrogens is 274 g/mol. The van der Waals surface area contributed by atoms with Gasteiger partial charge in [0.15, 0.2) is 0 Å². The Kier molecular flexibility index (Phi) is 5.04. The number of rotatable bonds is 6. The second-order valence-corrected chi connectivity index (χ2v) is 4.94. The summed E-state index contributed by atoms with van der Waals surface area (Å²) in [5.41, 5.74) is 2.13. The van der Waals surface area contributed by atoms with Gasteiger partial charge in [0, 0.05) is 28.9 Å². The summed E-state index contributed by atoms with van der Waals surface area (Å²) >= 11 is 6.13. The molecule has 108 valence electrons. The Bertz CT molecular complexity index is 568. The van der Waals surface area contributed by atoms with Crippen LogP contribution in [0.1, 0.15) is 31.0 Å². The van der Waals surface area contributed by atoms with Crippen LogP contribution < -0.4 is 10.1 Å². The molecule has 0 radical (unpaired) electrons. The molecule has 20 heavy (non-hydrogen) atoms. The van der Waals surface area contributed by atoms with Crippen LogP contribution in [0, 0.1) is 0 Å². The summed E-state index contributed by atoms with van der Waals surface area (Å²) in [6, 6.07) is 5.69. The number of halogens is 1. The Morgan fingerprint density at radius 1 is 1.40 bits per heavy atom.